The average molecular weight is 152 g/mol. The van der Waals surface area contributed by atoms with Crippen LogP contribution in [-0.4, -0.2) is 5.10 Å². The van der Waals surface area contributed by atoms with Gasteiger partial charge in [-0.1, -0.05) is 25.6 Å². The van der Waals surface area contributed by atoms with Gasteiger partial charge in [-0.05, 0) is 6.07 Å². The largest absolute Gasteiger partial charge is 0.594 e. The van der Waals surface area contributed by atoms with E-state index in [1.807, 2.05) is 26.8 Å². The molecule has 0 aliphatic carbocycles. The van der Waals surface area contributed by atoms with Gasteiger partial charge in [0.25, 0.3) is 0 Å². The van der Waals surface area contributed by atoms with Crippen molar-refractivity contribution in [1.82, 2.24) is 5.10 Å². The highest BCUT2D eigenvalue weighted by Crippen LogP contribution is 2.17. The molecule has 0 amide bonds. The lowest BCUT2D eigenvalue weighted by atomic mass is 9.92. The van der Waals surface area contributed by atoms with E-state index in [-0.39, 0.29) is 5.41 Å². The van der Waals surface area contributed by atoms with E-state index in [0.717, 1.165) is 5.69 Å². The smallest absolute Gasteiger partial charge is 0.209 e. The van der Waals surface area contributed by atoms with Crippen molar-refractivity contribution in [2.24, 2.45) is 0 Å². The van der Waals surface area contributed by atoms with Crippen LogP contribution in [0.15, 0.2) is 18.3 Å². The van der Waals surface area contributed by atoms with Gasteiger partial charge in [-0.3, -0.25) is 0 Å². The van der Waals surface area contributed by atoms with Crippen molar-refractivity contribution >= 4 is 0 Å². The molecule has 0 bridgehead atoms. The van der Waals surface area contributed by atoms with Crippen LogP contribution in [0.25, 0.3) is 0 Å². The topological polar surface area (TPSA) is 39.8 Å². The number of nitrogens with zero attached hydrogens (tertiary/aromatic N) is 2. The van der Waals surface area contributed by atoms with Gasteiger partial charge < -0.3 is 5.21 Å². The summed E-state index contributed by atoms with van der Waals surface area (Å²) >= 11 is 0. The Morgan fingerprint density at radius 2 is 2.09 bits per heavy atom. The maximum Gasteiger partial charge on any atom is 0.209 e. The van der Waals surface area contributed by atoms with Gasteiger partial charge in [0.05, 0.1) is 0 Å². The van der Waals surface area contributed by atoms with E-state index in [2.05, 4.69) is 5.10 Å². The molecule has 0 aromatic carbocycles. The molecule has 0 unspecified atom stereocenters. The Morgan fingerprint density at radius 3 is 2.45 bits per heavy atom. The van der Waals surface area contributed by atoms with E-state index in [0.29, 0.717) is 4.85 Å². The molecule has 0 saturated heterocycles. The molecule has 1 heterocycles. The van der Waals surface area contributed by atoms with Crippen LogP contribution >= 0.6 is 0 Å². The third kappa shape index (κ3) is 1.90. The number of aromatic nitrogens is 2. The molecule has 3 nitrogen and oxygen atoms in total. The fourth-order valence-corrected chi connectivity index (χ4v) is 0.781. The van der Waals surface area contributed by atoms with Crippen LogP contribution in [0, 0.1) is 5.21 Å². The highest BCUT2D eigenvalue weighted by molar-refractivity contribution is 5.08. The first-order valence-electron chi connectivity index (χ1n) is 3.57. The summed E-state index contributed by atoms with van der Waals surface area (Å²) in [7, 11) is 0. The third-order valence-corrected chi connectivity index (χ3v) is 1.44. The molecular weight excluding hydrogens is 140 g/mol. The number of rotatable bonds is 0. The van der Waals surface area contributed by atoms with E-state index in [1.165, 1.54) is 6.20 Å². The van der Waals surface area contributed by atoms with Crippen LogP contribution in [0.3, 0.4) is 0 Å². The predicted molar refractivity (Wildman–Crippen MR) is 41.9 cm³/mol. The lowest BCUT2D eigenvalue weighted by Gasteiger charge is -2.14. The van der Waals surface area contributed by atoms with Gasteiger partial charge >= 0.3 is 0 Å². The van der Waals surface area contributed by atoms with Gasteiger partial charge in [0, 0.05) is 16.6 Å². The Kier molecular flexibility index (Phi) is 1.81. The van der Waals surface area contributed by atoms with Crippen LogP contribution in [0.2, 0.25) is 0 Å². The van der Waals surface area contributed by atoms with E-state index < -0.39 is 0 Å². The zero-order valence-corrected chi connectivity index (χ0v) is 7.03. The molecule has 0 spiro atoms. The quantitative estimate of drug-likeness (QED) is 0.411. The normalized spacial score (nSPS) is 11.5. The molecule has 60 valence electrons. The molecule has 11 heavy (non-hydrogen) atoms. The fourth-order valence-electron chi connectivity index (χ4n) is 0.781. The minimum Gasteiger partial charge on any atom is -0.594 e. The number of hydrogen-bond acceptors (Lipinski definition) is 2. The Morgan fingerprint density at radius 1 is 1.45 bits per heavy atom. The summed E-state index contributed by atoms with van der Waals surface area (Å²) in [6, 6.07) is 3.56. The summed E-state index contributed by atoms with van der Waals surface area (Å²) in [5, 5.41) is 14.5. The van der Waals surface area contributed by atoms with Gasteiger partial charge in [-0.25, -0.2) is 0 Å². The van der Waals surface area contributed by atoms with Crippen molar-refractivity contribution in [2.45, 2.75) is 26.2 Å². The predicted octanol–water partition coefficient (Wildman–Crippen LogP) is 1.01. The van der Waals surface area contributed by atoms with Crippen molar-refractivity contribution in [3.63, 3.8) is 0 Å². The Balaban J connectivity index is 3.06. The van der Waals surface area contributed by atoms with Crippen LogP contribution in [0.4, 0.5) is 0 Å². The van der Waals surface area contributed by atoms with Gasteiger partial charge in [-0.15, -0.1) is 0 Å². The lowest BCUT2D eigenvalue weighted by molar-refractivity contribution is -0.670. The van der Waals surface area contributed by atoms with E-state index in [4.69, 9.17) is 0 Å². The van der Waals surface area contributed by atoms with Crippen molar-refractivity contribution in [3.8, 4) is 0 Å². The summed E-state index contributed by atoms with van der Waals surface area (Å²) in [6.45, 7) is 6.07. The first-order chi connectivity index (χ1) is 5.00. The Bertz CT molecular complexity index is 253. The van der Waals surface area contributed by atoms with Gasteiger partial charge in [0.15, 0.2) is 0 Å². The maximum absolute atomic E-state index is 10.7. The zero-order valence-electron chi connectivity index (χ0n) is 7.03. The monoisotopic (exact) mass is 152 g/mol. The molecule has 1 aromatic heterocycles. The highest BCUT2D eigenvalue weighted by Gasteiger charge is 2.17. The molecule has 0 aliphatic heterocycles. The average Bonchev–Trinajstić information content (AvgIpc) is 1.86. The summed E-state index contributed by atoms with van der Waals surface area (Å²) in [4.78, 5) is 0.584. The third-order valence-electron chi connectivity index (χ3n) is 1.44. The highest BCUT2D eigenvalue weighted by atomic mass is 16.5. The van der Waals surface area contributed by atoms with Gasteiger partial charge in [0.2, 0.25) is 6.20 Å². The molecule has 1 rings (SSSR count). The molecule has 0 aliphatic rings. The fraction of sp³-hybridized carbons (Fsp3) is 0.500. The Labute approximate surface area is 66.3 Å². The second-order valence-electron chi connectivity index (χ2n) is 3.55. The minimum absolute atomic E-state index is 0.0482. The zero-order chi connectivity index (χ0) is 8.48. The summed E-state index contributed by atoms with van der Waals surface area (Å²) in [5.41, 5.74) is 0.767. The van der Waals surface area contributed by atoms with E-state index in [1.54, 1.807) is 6.07 Å². The minimum atomic E-state index is -0.0482. The van der Waals surface area contributed by atoms with Crippen LogP contribution in [-0.2, 0) is 5.41 Å². The van der Waals surface area contributed by atoms with Crippen LogP contribution in [0.5, 0.6) is 0 Å². The summed E-state index contributed by atoms with van der Waals surface area (Å²) in [6.07, 6.45) is 1.38. The van der Waals surface area contributed by atoms with E-state index >= 15 is 0 Å². The molecule has 0 N–H and O–H groups in total. The molecule has 3 heteroatoms. The lowest BCUT2D eigenvalue weighted by Crippen LogP contribution is -2.33. The van der Waals surface area contributed by atoms with Crippen molar-refractivity contribution in [1.29, 1.82) is 0 Å². The molecule has 0 radical (unpaired) electrons. The second kappa shape index (κ2) is 2.49. The molecule has 0 fully saturated rings. The van der Waals surface area contributed by atoms with Crippen molar-refractivity contribution in [3.05, 3.63) is 29.2 Å². The second-order valence-corrected chi connectivity index (χ2v) is 3.55. The molecular formula is C8H12N2O. The van der Waals surface area contributed by atoms with Crippen LogP contribution < -0.4 is 4.85 Å². The van der Waals surface area contributed by atoms with Gasteiger partial charge in [0.1, 0.15) is 5.69 Å². The van der Waals surface area contributed by atoms with E-state index in [9.17, 15) is 5.21 Å². The van der Waals surface area contributed by atoms with Crippen molar-refractivity contribution < 1.29 is 4.85 Å². The molecule has 0 atom stereocenters. The van der Waals surface area contributed by atoms with Crippen LogP contribution in [0.1, 0.15) is 26.5 Å². The maximum atomic E-state index is 10.7. The first-order valence-corrected chi connectivity index (χ1v) is 3.57. The van der Waals surface area contributed by atoms with Crippen molar-refractivity contribution in [2.75, 3.05) is 0 Å². The van der Waals surface area contributed by atoms with Gasteiger partial charge in [-0.2, -0.15) is 0 Å². The molecule has 0 saturated carbocycles. The standard InChI is InChI=1S/C8H12N2O/c1-8(2,3)7-5-4-6-10(11)9-7/h4-6H,1-3H3. The Hall–Kier alpha value is -1.12. The molecule has 1 aromatic rings. The summed E-state index contributed by atoms with van der Waals surface area (Å²) < 4.78 is 0. The summed E-state index contributed by atoms with van der Waals surface area (Å²) in [5.74, 6) is 0. The SMILES string of the molecule is CC(C)(C)c1ccc[n+]([O-])n1. The number of hydrogen-bond donors (Lipinski definition) is 0. The first kappa shape index (κ1) is 7.98.